The lowest BCUT2D eigenvalue weighted by molar-refractivity contribution is 0.0468. The van der Waals surface area contributed by atoms with E-state index in [-0.39, 0.29) is 13.4 Å². The molecular formula is C17H16O6. The molecule has 0 unspecified atom stereocenters. The number of hydrogen-bond donors (Lipinski definition) is 0. The minimum absolute atomic E-state index is 0.121. The van der Waals surface area contributed by atoms with Gasteiger partial charge in [-0.3, -0.25) is 0 Å². The van der Waals surface area contributed by atoms with Gasteiger partial charge in [-0.05, 0) is 35.9 Å². The van der Waals surface area contributed by atoms with Crippen LogP contribution in [0.2, 0.25) is 0 Å². The van der Waals surface area contributed by atoms with E-state index >= 15 is 0 Å². The summed E-state index contributed by atoms with van der Waals surface area (Å²) in [6.45, 7) is 0.329. The van der Waals surface area contributed by atoms with E-state index in [4.69, 9.17) is 23.7 Å². The highest BCUT2D eigenvalue weighted by Crippen LogP contribution is 2.33. The Kier molecular flexibility index (Phi) is 4.23. The van der Waals surface area contributed by atoms with Crippen LogP contribution in [0.15, 0.2) is 36.4 Å². The van der Waals surface area contributed by atoms with Crippen molar-refractivity contribution in [1.82, 2.24) is 0 Å². The summed E-state index contributed by atoms with van der Waals surface area (Å²) >= 11 is 0. The maximum absolute atomic E-state index is 12.3. The normalized spacial score (nSPS) is 11.9. The molecule has 0 amide bonds. The Morgan fingerprint density at radius 2 is 1.87 bits per heavy atom. The summed E-state index contributed by atoms with van der Waals surface area (Å²) in [5, 5.41) is 0. The van der Waals surface area contributed by atoms with Crippen LogP contribution in [-0.2, 0) is 11.3 Å². The summed E-state index contributed by atoms with van der Waals surface area (Å²) in [6, 6.07) is 10.4. The Labute approximate surface area is 133 Å². The van der Waals surface area contributed by atoms with Crippen LogP contribution in [-0.4, -0.2) is 27.0 Å². The summed E-state index contributed by atoms with van der Waals surface area (Å²) in [5.74, 6) is 1.84. The fraction of sp³-hybridized carbons (Fsp3) is 0.235. The van der Waals surface area contributed by atoms with Crippen LogP contribution in [0.25, 0.3) is 0 Å². The van der Waals surface area contributed by atoms with Crippen LogP contribution < -0.4 is 18.9 Å². The Bertz CT molecular complexity index is 725. The van der Waals surface area contributed by atoms with Gasteiger partial charge >= 0.3 is 5.97 Å². The zero-order valence-corrected chi connectivity index (χ0v) is 12.8. The molecular weight excluding hydrogens is 300 g/mol. The van der Waals surface area contributed by atoms with Gasteiger partial charge in [0.1, 0.15) is 23.7 Å². The van der Waals surface area contributed by atoms with Gasteiger partial charge in [-0.2, -0.15) is 0 Å². The van der Waals surface area contributed by atoms with Gasteiger partial charge in [0.25, 0.3) is 0 Å². The third-order valence-corrected chi connectivity index (χ3v) is 3.43. The van der Waals surface area contributed by atoms with Crippen LogP contribution in [0.4, 0.5) is 0 Å². The molecule has 0 aromatic heterocycles. The lowest BCUT2D eigenvalue weighted by Gasteiger charge is -2.10. The number of carbonyl (C=O) groups excluding carboxylic acids is 1. The maximum Gasteiger partial charge on any atom is 0.342 e. The van der Waals surface area contributed by atoms with Crippen molar-refractivity contribution in [3.63, 3.8) is 0 Å². The zero-order chi connectivity index (χ0) is 16.2. The van der Waals surface area contributed by atoms with Crippen LogP contribution >= 0.6 is 0 Å². The van der Waals surface area contributed by atoms with E-state index in [1.807, 2.05) is 6.07 Å². The number of carbonyl (C=O) groups is 1. The minimum Gasteiger partial charge on any atom is -0.497 e. The Balaban J connectivity index is 1.72. The molecule has 1 aliphatic rings. The molecule has 0 saturated carbocycles. The Morgan fingerprint density at radius 1 is 1.04 bits per heavy atom. The maximum atomic E-state index is 12.3. The summed E-state index contributed by atoms with van der Waals surface area (Å²) in [4.78, 5) is 12.3. The summed E-state index contributed by atoms with van der Waals surface area (Å²) in [6.07, 6.45) is 0. The van der Waals surface area contributed by atoms with Crippen molar-refractivity contribution < 1.29 is 28.5 Å². The Hall–Kier alpha value is -2.89. The van der Waals surface area contributed by atoms with E-state index in [1.165, 1.54) is 14.2 Å². The first-order valence-corrected chi connectivity index (χ1v) is 6.99. The molecule has 0 spiro atoms. The molecule has 0 bridgehead atoms. The number of ether oxygens (including phenoxy) is 5. The first-order valence-electron chi connectivity index (χ1n) is 6.99. The minimum atomic E-state index is -0.488. The van der Waals surface area contributed by atoms with Gasteiger partial charge in [-0.1, -0.05) is 6.07 Å². The van der Waals surface area contributed by atoms with Crippen molar-refractivity contribution in [2.45, 2.75) is 6.61 Å². The van der Waals surface area contributed by atoms with Crippen molar-refractivity contribution in [3.05, 3.63) is 47.5 Å². The molecule has 0 fully saturated rings. The molecule has 1 aliphatic heterocycles. The average molecular weight is 316 g/mol. The van der Waals surface area contributed by atoms with Crippen molar-refractivity contribution in [2.75, 3.05) is 21.0 Å². The predicted molar refractivity (Wildman–Crippen MR) is 81.2 cm³/mol. The molecule has 0 aliphatic carbocycles. The lowest BCUT2D eigenvalue weighted by Crippen LogP contribution is -2.07. The number of fused-ring (bicyclic) bond motifs is 1. The summed E-state index contributed by atoms with van der Waals surface area (Å²) < 4.78 is 26.2. The van der Waals surface area contributed by atoms with E-state index in [0.717, 1.165) is 5.56 Å². The molecule has 0 N–H and O–H groups in total. The second-order valence-electron chi connectivity index (χ2n) is 4.83. The van der Waals surface area contributed by atoms with Gasteiger partial charge in [0.15, 0.2) is 11.5 Å². The van der Waals surface area contributed by atoms with Crippen molar-refractivity contribution in [2.24, 2.45) is 0 Å². The lowest BCUT2D eigenvalue weighted by atomic mass is 10.2. The van der Waals surface area contributed by atoms with E-state index in [2.05, 4.69) is 0 Å². The van der Waals surface area contributed by atoms with Crippen molar-refractivity contribution in [3.8, 4) is 23.0 Å². The van der Waals surface area contributed by atoms with Crippen molar-refractivity contribution in [1.29, 1.82) is 0 Å². The van der Waals surface area contributed by atoms with Crippen LogP contribution in [0.5, 0.6) is 23.0 Å². The van der Waals surface area contributed by atoms with Crippen LogP contribution in [0.3, 0.4) is 0 Å². The topological polar surface area (TPSA) is 63.2 Å². The SMILES string of the molecule is COc1ccc(OC)c(C(=O)OCc2ccc3c(c2)OCO3)c1. The third-order valence-electron chi connectivity index (χ3n) is 3.43. The average Bonchev–Trinajstić information content (AvgIpc) is 3.06. The van der Waals surface area contributed by atoms with Gasteiger partial charge in [-0.25, -0.2) is 4.79 Å². The number of hydrogen-bond acceptors (Lipinski definition) is 6. The van der Waals surface area contributed by atoms with E-state index < -0.39 is 5.97 Å². The predicted octanol–water partition coefficient (Wildman–Crippen LogP) is 2.79. The largest absolute Gasteiger partial charge is 0.497 e. The summed E-state index contributed by atoms with van der Waals surface area (Å²) in [5.41, 5.74) is 1.12. The molecule has 3 rings (SSSR count). The fourth-order valence-corrected chi connectivity index (χ4v) is 2.23. The van der Waals surface area contributed by atoms with Crippen molar-refractivity contribution >= 4 is 5.97 Å². The highest BCUT2D eigenvalue weighted by atomic mass is 16.7. The van der Waals surface area contributed by atoms with Gasteiger partial charge in [0.05, 0.1) is 14.2 Å². The van der Waals surface area contributed by atoms with E-state index in [9.17, 15) is 4.79 Å². The molecule has 0 radical (unpaired) electrons. The molecule has 23 heavy (non-hydrogen) atoms. The first-order chi connectivity index (χ1) is 11.2. The van der Waals surface area contributed by atoms with Gasteiger partial charge in [0.2, 0.25) is 6.79 Å². The molecule has 1 heterocycles. The molecule has 120 valence electrons. The molecule has 0 saturated heterocycles. The van der Waals surface area contributed by atoms with Gasteiger partial charge in [-0.15, -0.1) is 0 Å². The second kappa shape index (κ2) is 6.48. The molecule has 0 atom stereocenters. The highest BCUT2D eigenvalue weighted by molar-refractivity contribution is 5.93. The molecule has 2 aromatic rings. The zero-order valence-electron chi connectivity index (χ0n) is 12.8. The first kappa shape index (κ1) is 15.0. The quantitative estimate of drug-likeness (QED) is 0.790. The number of rotatable bonds is 5. The fourth-order valence-electron chi connectivity index (χ4n) is 2.23. The smallest absolute Gasteiger partial charge is 0.342 e. The van der Waals surface area contributed by atoms with E-state index in [0.29, 0.717) is 28.6 Å². The highest BCUT2D eigenvalue weighted by Gasteiger charge is 2.17. The van der Waals surface area contributed by atoms with Crippen LogP contribution in [0.1, 0.15) is 15.9 Å². The molecule has 6 nitrogen and oxygen atoms in total. The van der Waals surface area contributed by atoms with Gasteiger partial charge in [0, 0.05) is 0 Å². The monoisotopic (exact) mass is 316 g/mol. The standard InChI is InChI=1S/C17H16O6/c1-19-12-4-6-14(20-2)13(8-12)17(18)21-9-11-3-5-15-16(7-11)23-10-22-15/h3-8H,9-10H2,1-2H3. The second-order valence-corrected chi connectivity index (χ2v) is 4.83. The number of benzene rings is 2. The molecule has 6 heteroatoms. The third kappa shape index (κ3) is 3.15. The van der Waals surface area contributed by atoms with Crippen LogP contribution in [0, 0.1) is 0 Å². The van der Waals surface area contributed by atoms with E-state index in [1.54, 1.807) is 30.3 Å². The number of methoxy groups -OCH3 is 2. The molecule has 2 aromatic carbocycles. The number of esters is 1. The summed E-state index contributed by atoms with van der Waals surface area (Å²) in [7, 11) is 3.03. The Morgan fingerprint density at radius 3 is 2.65 bits per heavy atom. The van der Waals surface area contributed by atoms with Gasteiger partial charge < -0.3 is 23.7 Å².